The molecule has 1 aliphatic rings. The number of methoxy groups -OCH3 is 1. The summed E-state index contributed by atoms with van der Waals surface area (Å²) in [6.45, 7) is 2.13. The minimum absolute atomic E-state index is 0.513. The summed E-state index contributed by atoms with van der Waals surface area (Å²) in [7, 11) is 1.71. The molecule has 0 radical (unpaired) electrons. The SMILES string of the molecule is COc1ccc(N(c2ccc(C)cc2)c2ccc(-c3ccccc3-c3cc4c(c5ccccc35)c3ccccc3n4-c3ccc4c(c3)C(c3ccccc3)(c3ccccc3)c3ccccc3-4)cc2)cc1. The topological polar surface area (TPSA) is 17.4 Å². The second-order valence-corrected chi connectivity index (χ2v) is 18.4. The van der Waals surface area contributed by atoms with Crippen LogP contribution >= 0.6 is 0 Å². The lowest BCUT2D eigenvalue weighted by molar-refractivity contribution is 0.415. The zero-order valence-electron chi connectivity index (χ0n) is 39.1. The first kappa shape index (κ1) is 41.3. The highest BCUT2D eigenvalue weighted by molar-refractivity contribution is 6.24. The van der Waals surface area contributed by atoms with E-state index in [0.29, 0.717) is 0 Å². The van der Waals surface area contributed by atoms with Gasteiger partial charge in [0.05, 0.1) is 23.6 Å². The predicted octanol–water partition coefficient (Wildman–Crippen LogP) is 17.4. The van der Waals surface area contributed by atoms with E-state index in [-0.39, 0.29) is 0 Å². The third kappa shape index (κ3) is 6.43. The van der Waals surface area contributed by atoms with Gasteiger partial charge in [-0.15, -0.1) is 0 Å². The number of benzene rings is 11. The van der Waals surface area contributed by atoms with Crippen molar-refractivity contribution in [3.8, 4) is 44.8 Å². The highest BCUT2D eigenvalue weighted by Crippen LogP contribution is 2.57. The molecule has 12 aromatic rings. The third-order valence-corrected chi connectivity index (χ3v) is 14.7. The molecule has 1 aliphatic carbocycles. The van der Waals surface area contributed by atoms with Crippen LogP contribution in [-0.2, 0) is 5.41 Å². The standard InChI is InChI=1S/C67H48N2O/c1-45-29-33-49(34-30-45)68(51-37-40-53(70-2)41-38-51)50-35-31-46(32-36-50)54-21-9-10-22-55(54)61-44-65-66(59-25-12-11-23-56(59)61)60-26-14-16-28-64(60)69(65)52-39-42-58-57-24-13-15-27-62(57)67(63(58)43-52,47-17-5-3-6-18-47)48-19-7-4-8-20-48/h3-44H,1-2H3. The Morgan fingerprint density at radius 1 is 0.386 bits per heavy atom. The molecule has 0 bridgehead atoms. The first-order valence-corrected chi connectivity index (χ1v) is 24.1. The molecule has 1 aromatic heterocycles. The van der Waals surface area contributed by atoms with Crippen LogP contribution < -0.4 is 9.64 Å². The molecule has 0 amide bonds. The van der Waals surface area contributed by atoms with Crippen LogP contribution in [-0.4, -0.2) is 11.7 Å². The van der Waals surface area contributed by atoms with Gasteiger partial charge in [-0.1, -0.05) is 188 Å². The summed E-state index contributed by atoms with van der Waals surface area (Å²) in [5, 5.41) is 4.95. The number of nitrogens with zero attached hydrogens (tertiary/aromatic N) is 2. The molecule has 3 nitrogen and oxygen atoms in total. The minimum Gasteiger partial charge on any atom is -0.497 e. The molecule has 13 rings (SSSR count). The number of para-hydroxylation sites is 1. The van der Waals surface area contributed by atoms with E-state index in [0.717, 1.165) is 34.1 Å². The summed E-state index contributed by atoms with van der Waals surface area (Å²) in [5.41, 5.74) is 19.8. The van der Waals surface area contributed by atoms with Crippen LogP contribution in [0.15, 0.2) is 255 Å². The van der Waals surface area contributed by atoms with E-state index in [2.05, 4.69) is 259 Å². The van der Waals surface area contributed by atoms with E-state index in [1.807, 2.05) is 12.1 Å². The van der Waals surface area contributed by atoms with Gasteiger partial charge < -0.3 is 14.2 Å². The van der Waals surface area contributed by atoms with Crippen molar-refractivity contribution in [1.82, 2.24) is 4.57 Å². The number of aromatic nitrogens is 1. The Labute approximate surface area is 408 Å². The smallest absolute Gasteiger partial charge is 0.119 e. The number of hydrogen-bond donors (Lipinski definition) is 0. The maximum Gasteiger partial charge on any atom is 0.119 e. The number of ether oxygens (including phenoxy) is 1. The first-order valence-electron chi connectivity index (χ1n) is 24.1. The molecule has 0 saturated carbocycles. The Hall–Kier alpha value is -8.92. The van der Waals surface area contributed by atoms with Crippen molar-refractivity contribution < 1.29 is 4.74 Å². The highest BCUT2D eigenvalue weighted by Gasteiger charge is 2.46. The Morgan fingerprint density at radius 2 is 0.914 bits per heavy atom. The van der Waals surface area contributed by atoms with Crippen LogP contribution in [0.1, 0.15) is 27.8 Å². The number of rotatable bonds is 9. The van der Waals surface area contributed by atoms with E-state index in [1.165, 1.54) is 88.2 Å². The van der Waals surface area contributed by atoms with Gasteiger partial charge in [0, 0.05) is 33.5 Å². The van der Waals surface area contributed by atoms with E-state index in [4.69, 9.17) is 4.74 Å². The molecule has 1 heterocycles. The van der Waals surface area contributed by atoms with Crippen LogP contribution in [0, 0.1) is 6.92 Å². The zero-order valence-corrected chi connectivity index (χ0v) is 39.1. The molecule has 0 aliphatic heterocycles. The quantitative estimate of drug-likeness (QED) is 0.144. The number of fused-ring (bicyclic) bond motifs is 8. The molecule has 332 valence electrons. The monoisotopic (exact) mass is 896 g/mol. The normalized spacial score (nSPS) is 12.5. The van der Waals surface area contributed by atoms with Crippen LogP contribution in [0.3, 0.4) is 0 Å². The lowest BCUT2D eigenvalue weighted by Gasteiger charge is -2.34. The molecular weight excluding hydrogens is 849 g/mol. The average molecular weight is 897 g/mol. The van der Waals surface area contributed by atoms with Gasteiger partial charge in [0.2, 0.25) is 0 Å². The molecular formula is C67H48N2O. The molecule has 3 heteroatoms. The number of anilines is 3. The largest absolute Gasteiger partial charge is 0.497 e. The van der Waals surface area contributed by atoms with E-state index in [1.54, 1.807) is 7.11 Å². The van der Waals surface area contributed by atoms with Gasteiger partial charge in [0.15, 0.2) is 0 Å². The number of hydrogen-bond acceptors (Lipinski definition) is 2. The number of aryl methyl sites for hydroxylation is 1. The molecule has 0 spiro atoms. The maximum absolute atomic E-state index is 5.53. The molecule has 0 atom stereocenters. The Kier molecular flexibility index (Phi) is 9.85. The Balaban J connectivity index is 1.01. The van der Waals surface area contributed by atoms with Gasteiger partial charge in [-0.05, 0) is 146 Å². The van der Waals surface area contributed by atoms with Gasteiger partial charge >= 0.3 is 0 Å². The van der Waals surface area contributed by atoms with Gasteiger partial charge in [-0.3, -0.25) is 0 Å². The van der Waals surface area contributed by atoms with E-state index >= 15 is 0 Å². The summed E-state index contributed by atoms with van der Waals surface area (Å²) in [6, 6.07) is 93.6. The first-order chi connectivity index (χ1) is 34.6. The van der Waals surface area contributed by atoms with Crippen molar-refractivity contribution in [2.45, 2.75) is 12.3 Å². The summed E-state index contributed by atoms with van der Waals surface area (Å²) < 4.78 is 8.04. The van der Waals surface area contributed by atoms with Crippen molar-refractivity contribution in [3.05, 3.63) is 283 Å². The fourth-order valence-corrected chi connectivity index (χ4v) is 11.5. The van der Waals surface area contributed by atoms with Crippen molar-refractivity contribution in [2.24, 2.45) is 0 Å². The maximum atomic E-state index is 5.53. The van der Waals surface area contributed by atoms with Gasteiger partial charge in [-0.2, -0.15) is 0 Å². The minimum atomic E-state index is -0.513. The molecule has 0 fully saturated rings. The second kappa shape index (κ2) is 16.7. The fraction of sp³-hybridized carbons (Fsp3) is 0.0448. The lowest BCUT2D eigenvalue weighted by Crippen LogP contribution is -2.28. The van der Waals surface area contributed by atoms with Crippen LogP contribution in [0.25, 0.3) is 71.6 Å². The molecule has 70 heavy (non-hydrogen) atoms. The van der Waals surface area contributed by atoms with Gasteiger partial charge in [-0.25, -0.2) is 0 Å². The highest BCUT2D eigenvalue weighted by atomic mass is 16.5. The summed E-state index contributed by atoms with van der Waals surface area (Å²) >= 11 is 0. The predicted molar refractivity (Wildman–Crippen MR) is 292 cm³/mol. The van der Waals surface area contributed by atoms with Gasteiger partial charge in [0.1, 0.15) is 5.75 Å². The summed E-state index contributed by atoms with van der Waals surface area (Å²) in [5.74, 6) is 0.831. The zero-order chi connectivity index (χ0) is 46.8. The van der Waals surface area contributed by atoms with Gasteiger partial charge in [0.25, 0.3) is 0 Å². The van der Waals surface area contributed by atoms with Crippen molar-refractivity contribution in [1.29, 1.82) is 0 Å². The van der Waals surface area contributed by atoms with Crippen molar-refractivity contribution in [3.63, 3.8) is 0 Å². The molecule has 0 N–H and O–H groups in total. The Bertz CT molecular complexity index is 3870. The third-order valence-electron chi connectivity index (χ3n) is 14.7. The van der Waals surface area contributed by atoms with Crippen molar-refractivity contribution in [2.75, 3.05) is 12.0 Å². The van der Waals surface area contributed by atoms with Crippen LogP contribution in [0.4, 0.5) is 17.1 Å². The van der Waals surface area contributed by atoms with Crippen molar-refractivity contribution >= 4 is 49.6 Å². The molecule has 11 aromatic carbocycles. The fourth-order valence-electron chi connectivity index (χ4n) is 11.5. The van der Waals surface area contributed by atoms with Crippen LogP contribution in [0.5, 0.6) is 5.75 Å². The second-order valence-electron chi connectivity index (χ2n) is 18.4. The lowest BCUT2D eigenvalue weighted by atomic mass is 9.67. The average Bonchev–Trinajstić information content (AvgIpc) is 3.93. The Morgan fingerprint density at radius 3 is 1.59 bits per heavy atom. The summed E-state index contributed by atoms with van der Waals surface area (Å²) in [4.78, 5) is 2.30. The summed E-state index contributed by atoms with van der Waals surface area (Å²) in [6.07, 6.45) is 0. The van der Waals surface area contributed by atoms with Crippen LogP contribution in [0.2, 0.25) is 0 Å². The molecule has 0 saturated heterocycles. The molecule has 0 unspecified atom stereocenters. The van der Waals surface area contributed by atoms with E-state index in [9.17, 15) is 0 Å². The van der Waals surface area contributed by atoms with E-state index < -0.39 is 5.41 Å².